The molecule has 1 amide bonds. The molecule has 1 aliphatic rings. The highest BCUT2D eigenvalue weighted by Gasteiger charge is 2.20. The number of hydrogen-bond donors (Lipinski definition) is 2. The van der Waals surface area contributed by atoms with E-state index >= 15 is 0 Å². The van der Waals surface area contributed by atoms with Crippen molar-refractivity contribution in [2.75, 3.05) is 12.4 Å². The third-order valence-electron chi connectivity index (χ3n) is 3.57. The number of benzene rings is 1. The molecule has 0 bridgehead atoms. The molecule has 1 aromatic rings. The van der Waals surface area contributed by atoms with Crippen LogP contribution in [0.3, 0.4) is 0 Å². The van der Waals surface area contributed by atoms with Crippen LogP contribution in [0.2, 0.25) is 0 Å². The third-order valence-corrected chi connectivity index (χ3v) is 3.57. The van der Waals surface area contributed by atoms with Crippen molar-refractivity contribution in [2.45, 2.75) is 44.7 Å². The summed E-state index contributed by atoms with van der Waals surface area (Å²) in [5.74, 6) is 0.806. The molecule has 1 fully saturated rings. The number of rotatable bonds is 5. The lowest BCUT2D eigenvalue weighted by Gasteiger charge is -2.19. The molecule has 1 aliphatic carbocycles. The maximum atomic E-state index is 12.1. The van der Waals surface area contributed by atoms with Crippen LogP contribution in [-0.4, -0.2) is 25.1 Å². The summed E-state index contributed by atoms with van der Waals surface area (Å²) in [5, 5.41) is 6.29. The van der Waals surface area contributed by atoms with Gasteiger partial charge in [0.25, 0.3) is 0 Å². The van der Waals surface area contributed by atoms with E-state index in [0.717, 1.165) is 24.3 Å². The number of anilines is 1. The Morgan fingerprint density at radius 1 is 1.32 bits per heavy atom. The van der Waals surface area contributed by atoms with Crippen molar-refractivity contribution >= 4 is 11.6 Å². The molecule has 0 radical (unpaired) electrons. The van der Waals surface area contributed by atoms with E-state index in [9.17, 15) is 4.79 Å². The van der Waals surface area contributed by atoms with Gasteiger partial charge in [0, 0.05) is 6.04 Å². The highest BCUT2D eigenvalue weighted by Crippen LogP contribution is 2.24. The maximum Gasteiger partial charge on any atom is 0.242 e. The number of amides is 1. The van der Waals surface area contributed by atoms with Crippen LogP contribution >= 0.6 is 0 Å². The lowest BCUT2D eigenvalue weighted by molar-refractivity contribution is -0.122. The summed E-state index contributed by atoms with van der Waals surface area (Å²) >= 11 is 0. The van der Waals surface area contributed by atoms with E-state index in [-0.39, 0.29) is 11.9 Å². The standard InChI is InChI=1S/C15H22N2O2/c1-11(15(18)17-12-7-3-4-8-12)16-13-9-5-6-10-14(13)19-2/h5-6,9-12,16H,3-4,7-8H2,1-2H3,(H,17,18). The van der Waals surface area contributed by atoms with Gasteiger partial charge in [0.1, 0.15) is 11.8 Å². The number of hydrogen-bond acceptors (Lipinski definition) is 3. The second kappa shape index (κ2) is 6.45. The minimum atomic E-state index is -0.267. The molecule has 1 atom stereocenters. The Hall–Kier alpha value is -1.71. The Bertz CT molecular complexity index is 428. The third kappa shape index (κ3) is 3.63. The van der Waals surface area contributed by atoms with Gasteiger partial charge in [0.15, 0.2) is 0 Å². The molecule has 0 aliphatic heterocycles. The predicted octanol–water partition coefficient (Wildman–Crippen LogP) is 2.55. The first kappa shape index (κ1) is 13.7. The molecule has 19 heavy (non-hydrogen) atoms. The minimum absolute atomic E-state index is 0.0535. The number of ether oxygens (including phenoxy) is 1. The number of carbonyl (C=O) groups is 1. The second-order valence-corrected chi connectivity index (χ2v) is 5.06. The van der Waals surface area contributed by atoms with Crippen LogP contribution in [-0.2, 0) is 4.79 Å². The SMILES string of the molecule is COc1ccccc1NC(C)C(=O)NC1CCCC1. The van der Waals surface area contributed by atoms with E-state index in [1.54, 1.807) is 7.11 Å². The van der Waals surface area contributed by atoms with Crippen molar-refractivity contribution in [1.29, 1.82) is 0 Å². The Balaban J connectivity index is 1.92. The highest BCUT2D eigenvalue weighted by atomic mass is 16.5. The normalized spacial score (nSPS) is 16.9. The lowest BCUT2D eigenvalue weighted by atomic mass is 10.2. The molecule has 0 heterocycles. The zero-order valence-corrected chi connectivity index (χ0v) is 11.6. The summed E-state index contributed by atoms with van der Waals surface area (Å²) in [5.41, 5.74) is 0.846. The molecule has 1 unspecified atom stereocenters. The number of carbonyl (C=O) groups excluding carboxylic acids is 1. The van der Waals surface area contributed by atoms with Gasteiger partial charge in [0.05, 0.1) is 12.8 Å². The average Bonchev–Trinajstić information content (AvgIpc) is 2.92. The molecule has 1 saturated carbocycles. The Morgan fingerprint density at radius 3 is 2.68 bits per heavy atom. The van der Waals surface area contributed by atoms with E-state index in [1.807, 2.05) is 31.2 Å². The fourth-order valence-corrected chi connectivity index (χ4v) is 2.46. The van der Waals surface area contributed by atoms with Gasteiger partial charge in [-0.05, 0) is 31.9 Å². The van der Waals surface area contributed by atoms with Crippen LogP contribution in [0.15, 0.2) is 24.3 Å². The molecular formula is C15H22N2O2. The van der Waals surface area contributed by atoms with E-state index in [1.165, 1.54) is 12.8 Å². The summed E-state index contributed by atoms with van der Waals surface area (Å²) in [6.07, 6.45) is 4.65. The first-order valence-electron chi connectivity index (χ1n) is 6.90. The van der Waals surface area contributed by atoms with Crippen LogP contribution in [0.1, 0.15) is 32.6 Å². The molecule has 2 rings (SSSR count). The van der Waals surface area contributed by atoms with Crippen LogP contribution in [0, 0.1) is 0 Å². The van der Waals surface area contributed by atoms with Crippen molar-refractivity contribution < 1.29 is 9.53 Å². The van der Waals surface area contributed by atoms with Crippen LogP contribution in [0.25, 0.3) is 0 Å². The zero-order chi connectivity index (χ0) is 13.7. The second-order valence-electron chi connectivity index (χ2n) is 5.06. The van der Waals surface area contributed by atoms with Gasteiger partial charge in [-0.25, -0.2) is 0 Å². The van der Waals surface area contributed by atoms with E-state index in [2.05, 4.69) is 10.6 Å². The van der Waals surface area contributed by atoms with Gasteiger partial charge in [-0.1, -0.05) is 25.0 Å². The molecule has 0 saturated heterocycles. The molecule has 2 N–H and O–H groups in total. The van der Waals surface area contributed by atoms with Crippen LogP contribution < -0.4 is 15.4 Å². The van der Waals surface area contributed by atoms with Gasteiger partial charge >= 0.3 is 0 Å². The van der Waals surface area contributed by atoms with Crippen LogP contribution in [0.4, 0.5) is 5.69 Å². The summed E-state index contributed by atoms with van der Waals surface area (Å²) < 4.78 is 5.27. The fraction of sp³-hybridized carbons (Fsp3) is 0.533. The van der Waals surface area contributed by atoms with Crippen molar-refractivity contribution in [3.8, 4) is 5.75 Å². The summed E-state index contributed by atoms with van der Waals surface area (Å²) in [6, 6.07) is 7.72. The number of nitrogens with one attached hydrogen (secondary N) is 2. The Kier molecular flexibility index (Phi) is 4.66. The van der Waals surface area contributed by atoms with E-state index in [4.69, 9.17) is 4.74 Å². The van der Waals surface area contributed by atoms with Crippen LogP contribution in [0.5, 0.6) is 5.75 Å². The molecule has 0 aromatic heterocycles. The van der Waals surface area contributed by atoms with Crippen molar-refractivity contribution in [3.05, 3.63) is 24.3 Å². The predicted molar refractivity (Wildman–Crippen MR) is 76.5 cm³/mol. The number of para-hydroxylation sites is 2. The Labute approximate surface area is 114 Å². The average molecular weight is 262 g/mol. The molecular weight excluding hydrogens is 240 g/mol. The van der Waals surface area contributed by atoms with Gasteiger partial charge in [-0.15, -0.1) is 0 Å². The van der Waals surface area contributed by atoms with Gasteiger partial charge in [-0.3, -0.25) is 4.79 Å². The van der Waals surface area contributed by atoms with E-state index in [0.29, 0.717) is 6.04 Å². The fourth-order valence-electron chi connectivity index (χ4n) is 2.46. The quantitative estimate of drug-likeness (QED) is 0.857. The monoisotopic (exact) mass is 262 g/mol. The zero-order valence-electron chi connectivity index (χ0n) is 11.6. The van der Waals surface area contributed by atoms with Crippen molar-refractivity contribution in [1.82, 2.24) is 5.32 Å². The van der Waals surface area contributed by atoms with Gasteiger partial charge < -0.3 is 15.4 Å². The largest absolute Gasteiger partial charge is 0.495 e. The minimum Gasteiger partial charge on any atom is -0.495 e. The molecule has 1 aromatic carbocycles. The van der Waals surface area contributed by atoms with E-state index < -0.39 is 0 Å². The smallest absolute Gasteiger partial charge is 0.242 e. The van der Waals surface area contributed by atoms with Crippen molar-refractivity contribution in [3.63, 3.8) is 0 Å². The molecule has 0 spiro atoms. The topological polar surface area (TPSA) is 50.4 Å². The molecule has 104 valence electrons. The highest BCUT2D eigenvalue weighted by molar-refractivity contribution is 5.85. The lowest BCUT2D eigenvalue weighted by Crippen LogP contribution is -2.42. The van der Waals surface area contributed by atoms with Gasteiger partial charge in [0.2, 0.25) is 5.91 Å². The summed E-state index contributed by atoms with van der Waals surface area (Å²) in [7, 11) is 1.63. The number of methoxy groups -OCH3 is 1. The molecule has 4 nitrogen and oxygen atoms in total. The Morgan fingerprint density at radius 2 is 2.00 bits per heavy atom. The molecule has 4 heteroatoms. The summed E-state index contributed by atoms with van der Waals surface area (Å²) in [4.78, 5) is 12.1. The maximum absolute atomic E-state index is 12.1. The van der Waals surface area contributed by atoms with Crippen molar-refractivity contribution in [2.24, 2.45) is 0 Å². The first-order valence-corrected chi connectivity index (χ1v) is 6.90. The first-order chi connectivity index (χ1) is 9.20. The van der Waals surface area contributed by atoms with Gasteiger partial charge in [-0.2, -0.15) is 0 Å². The summed E-state index contributed by atoms with van der Waals surface area (Å²) in [6.45, 7) is 1.87.